The summed E-state index contributed by atoms with van der Waals surface area (Å²) in [5.74, 6) is 1.27. The lowest BCUT2D eigenvalue weighted by Crippen LogP contribution is -1.97. The van der Waals surface area contributed by atoms with Crippen LogP contribution in [0.1, 0.15) is 10.4 Å². The number of carbonyl (C=O) groups excluding carboxylic acids is 1. The maximum absolute atomic E-state index is 10.6. The van der Waals surface area contributed by atoms with E-state index in [2.05, 4.69) is 5.10 Å². The van der Waals surface area contributed by atoms with Crippen LogP contribution in [0.25, 0.3) is 5.69 Å². The molecular formula is C12H12N2O3. The molecule has 0 unspecified atom stereocenters. The number of aromatic nitrogens is 2. The largest absolute Gasteiger partial charge is 0.493 e. The summed E-state index contributed by atoms with van der Waals surface area (Å²) in [4.78, 5) is 10.6. The second-order valence-electron chi connectivity index (χ2n) is 3.38. The van der Waals surface area contributed by atoms with Gasteiger partial charge in [-0.05, 0) is 12.1 Å². The molecule has 1 aromatic heterocycles. The van der Waals surface area contributed by atoms with E-state index in [9.17, 15) is 4.79 Å². The minimum Gasteiger partial charge on any atom is -0.493 e. The normalized spacial score (nSPS) is 10.0. The van der Waals surface area contributed by atoms with E-state index >= 15 is 0 Å². The molecule has 0 saturated carbocycles. The lowest BCUT2D eigenvalue weighted by Gasteiger charge is -2.09. The molecule has 1 aromatic carbocycles. The molecule has 0 fully saturated rings. The van der Waals surface area contributed by atoms with E-state index in [1.807, 2.05) is 6.07 Å². The number of aldehydes is 1. The van der Waals surface area contributed by atoms with Crippen molar-refractivity contribution in [1.82, 2.24) is 9.78 Å². The van der Waals surface area contributed by atoms with Gasteiger partial charge in [-0.2, -0.15) is 5.10 Å². The lowest BCUT2D eigenvalue weighted by molar-refractivity contribution is 0.112. The fourth-order valence-corrected chi connectivity index (χ4v) is 1.51. The van der Waals surface area contributed by atoms with E-state index in [0.29, 0.717) is 17.1 Å². The fraction of sp³-hybridized carbons (Fsp3) is 0.167. The molecule has 0 spiro atoms. The summed E-state index contributed by atoms with van der Waals surface area (Å²) < 4.78 is 11.9. The van der Waals surface area contributed by atoms with Crippen LogP contribution in [0.5, 0.6) is 11.5 Å². The summed E-state index contributed by atoms with van der Waals surface area (Å²) in [7, 11) is 3.15. The highest BCUT2D eigenvalue weighted by Gasteiger charge is 2.06. The molecule has 0 saturated heterocycles. The number of methoxy groups -OCH3 is 2. The highest BCUT2D eigenvalue weighted by molar-refractivity contribution is 5.73. The predicted octanol–water partition coefficient (Wildman–Crippen LogP) is 1.70. The molecule has 5 heteroatoms. The molecule has 2 rings (SSSR count). The van der Waals surface area contributed by atoms with Crippen molar-refractivity contribution in [2.45, 2.75) is 0 Å². The van der Waals surface area contributed by atoms with Gasteiger partial charge in [-0.25, -0.2) is 4.68 Å². The Bertz CT molecular complexity index is 534. The van der Waals surface area contributed by atoms with Gasteiger partial charge in [-0.3, -0.25) is 4.79 Å². The molecule has 0 amide bonds. The number of hydrogen-bond donors (Lipinski definition) is 0. The number of benzene rings is 1. The second kappa shape index (κ2) is 4.69. The number of ether oxygens (including phenoxy) is 2. The van der Waals surface area contributed by atoms with Gasteiger partial charge in [0.15, 0.2) is 17.8 Å². The molecular weight excluding hydrogens is 220 g/mol. The molecule has 0 radical (unpaired) electrons. The predicted molar refractivity (Wildman–Crippen MR) is 62.1 cm³/mol. The molecule has 0 bridgehead atoms. The zero-order chi connectivity index (χ0) is 12.3. The van der Waals surface area contributed by atoms with E-state index in [0.717, 1.165) is 12.0 Å². The molecule has 0 aliphatic rings. The first kappa shape index (κ1) is 11.2. The van der Waals surface area contributed by atoms with Crippen LogP contribution in [0.4, 0.5) is 0 Å². The third kappa shape index (κ3) is 2.13. The lowest BCUT2D eigenvalue weighted by atomic mass is 10.3. The van der Waals surface area contributed by atoms with Gasteiger partial charge in [-0.1, -0.05) is 0 Å². The molecule has 0 aliphatic heterocycles. The van der Waals surface area contributed by atoms with Crippen molar-refractivity contribution >= 4 is 6.29 Å². The third-order valence-corrected chi connectivity index (χ3v) is 2.37. The van der Waals surface area contributed by atoms with Gasteiger partial charge < -0.3 is 9.47 Å². The molecule has 17 heavy (non-hydrogen) atoms. The Morgan fingerprint density at radius 1 is 1.24 bits per heavy atom. The summed E-state index contributed by atoms with van der Waals surface area (Å²) in [5, 5.41) is 4.08. The van der Waals surface area contributed by atoms with Gasteiger partial charge in [0, 0.05) is 12.3 Å². The number of rotatable bonds is 4. The zero-order valence-electron chi connectivity index (χ0n) is 9.58. The second-order valence-corrected chi connectivity index (χ2v) is 3.38. The van der Waals surface area contributed by atoms with Crippen molar-refractivity contribution < 1.29 is 14.3 Å². The summed E-state index contributed by atoms with van der Waals surface area (Å²) in [5.41, 5.74) is 1.33. The van der Waals surface area contributed by atoms with E-state index in [1.54, 1.807) is 37.2 Å². The van der Waals surface area contributed by atoms with Crippen molar-refractivity contribution in [3.8, 4) is 17.2 Å². The molecule has 0 aliphatic carbocycles. The van der Waals surface area contributed by atoms with E-state index in [4.69, 9.17) is 9.47 Å². The molecule has 0 N–H and O–H groups in total. The summed E-state index contributed by atoms with van der Waals surface area (Å²) in [6, 6.07) is 5.42. The van der Waals surface area contributed by atoms with E-state index < -0.39 is 0 Å². The quantitative estimate of drug-likeness (QED) is 0.753. The highest BCUT2D eigenvalue weighted by atomic mass is 16.5. The molecule has 2 aromatic rings. The van der Waals surface area contributed by atoms with Crippen LogP contribution in [0.3, 0.4) is 0 Å². The van der Waals surface area contributed by atoms with Crippen molar-refractivity contribution in [3.63, 3.8) is 0 Å². The molecule has 0 atom stereocenters. The summed E-state index contributed by atoms with van der Waals surface area (Å²) in [6.45, 7) is 0. The Morgan fingerprint density at radius 3 is 2.59 bits per heavy atom. The average molecular weight is 232 g/mol. The number of nitrogens with zero attached hydrogens (tertiary/aromatic N) is 2. The van der Waals surface area contributed by atoms with Crippen LogP contribution in [0.15, 0.2) is 30.6 Å². The third-order valence-electron chi connectivity index (χ3n) is 2.37. The topological polar surface area (TPSA) is 53.4 Å². The van der Waals surface area contributed by atoms with Gasteiger partial charge in [0.25, 0.3) is 0 Å². The Hall–Kier alpha value is -2.30. The van der Waals surface area contributed by atoms with Crippen LogP contribution in [-0.4, -0.2) is 30.3 Å². The smallest absolute Gasteiger partial charge is 0.162 e. The maximum Gasteiger partial charge on any atom is 0.162 e. The van der Waals surface area contributed by atoms with Crippen molar-refractivity contribution in [2.75, 3.05) is 14.2 Å². The molecule has 1 heterocycles. The molecule has 88 valence electrons. The van der Waals surface area contributed by atoms with Gasteiger partial charge in [0.2, 0.25) is 0 Å². The Morgan fingerprint density at radius 2 is 2.00 bits per heavy atom. The Balaban J connectivity index is 2.42. The van der Waals surface area contributed by atoms with Crippen LogP contribution in [0, 0.1) is 0 Å². The standard InChI is InChI=1S/C12H12N2O3/c1-16-11-4-3-10(5-12(11)17-2)14-7-9(8-15)6-13-14/h3-8H,1-2H3. The number of carbonyl (C=O) groups is 1. The van der Waals surface area contributed by atoms with Crippen molar-refractivity contribution in [1.29, 1.82) is 0 Å². The van der Waals surface area contributed by atoms with Gasteiger partial charge >= 0.3 is 0 Å². The number of hydrogen-bond acceptors (Lipinski definition) is 4. The van der Waals surface area contributed by atoms with Crippen LogP contribution < -0.4 is 9.47 Å². The van der Waals surface area contributed by atoms with E-state index in [-0.39, 0.29) is 0 Å². The van der Waals surface area contributed by atoms with Gasteiger partial charge in [0.1, 0.15) is 0 Å². The minimum absolute atomic E-state index is 0.528. The first-order chi connectivity index (χ1) is 8.28. The van der Waals surface area contributed by atoms with Crippen molar-refractivity contribution in [2.24, 2.45) is 0 Å². The Kier molecular flexibility index (Phi) is 3.09. The van der Waals surface area contributed by atoms with Gasteiger partial charge in [-0.15, -0.1) is 0 Å². The summed E-state index contributed by atoms with van der Waals surface area (Å²) >= 11 is 0. The monoisotopic (exact) mass is 232 g/mol. The van der Waals surface area contributed by atoms with Crippen LogP contribution in [-0.2, 0) is 0 Å². The zero-order valence-corrected chi connectivity index (χ0v) is 9.58. The molecule has 5 nitrogen and oxygen atoms in total. The van der Waals surface area contributed by atoms with Crippen LogP contribution >= 0.6 is 0 Å². The van der Waals surface area contributed by atoms with Crippen LogP contribution in [0.2, 0.25) is 0 Å². The summed E-state index contributed by atoms with van der Waals surface area (Å²) in [6.07, 6.45) is 3.90. The highest BCUT2D eigenvalue weighted by Crippen LogP contribution is 2.28. The fourth-order valence-electron chi connectivity index (χ4n) is 1.51. The Labute approximate surface area is 98.6 Å². The first-order valence-electron chi connectivity index (χ1n) is 5.00. The minimum atomic E-state index is 0.528. The van der Waals surface area contributed by atoms with E-state index in [1.165, 1.54) is 6.20 Å². The SMILES string of the molecule is COc1ccc(-n2cc(C=O)cn2)cc1OC. The maximum atomic E-state index is 10.6. The average Bonchev–Trinajstić information content (AvgIpc) is 2.86. The van der Waals surface area contributed by atoms with Crippen molar-refractivity contribution in [3.05, 3.63) is 36.2 Å². The van der Waals surface area contributed by atoms with Gasteiger partial charge in [0.05, 0.1) is 31.7 Å². The first-order valence-corrected chi connectivity index (χ1v) is 5.00.